The number of aromatic nitrogens is 5. The van der Waals surface area contributed by atoms with E-state index >= 15 is 0 Å². The molecule has 1 atom stereocenters. The van der Waals surface area contributed by atoms with Crippen LogP contribution in [0.5, 0.6) is 11.5 Å². The number of anilines is 1. The lowest BCUT2D eigenvalue weighted by Crippen LogP contribution is -2.38. The molecule has 13 heteroatoms. The molecule has 1 saturated heterocycles. The summed E-state index contributed by atoms with van der Waals surface area (Å²) in [6.45, 7) is 3.89. The molecule has 0 bridgehead atoms. The van der Waals surface area contributed by atoms with Crippen LogP contribution in [0, 0.1) is 0 Å². The first-order chi connectivity index (χ1) is 19.5. The van der Waals surface area contributed by atoms with Gasteiger partial charge in [0.15, 0.2) is 17.2 Å². The van der Waals surface area contributed by atoms with Gasteiger partial charge in [-0.15, -0.1) is 5.10 Å². The molecule has 1 amide bonds. The number of benzene rings is 2. The minimum absolute atomic E-state index is 0.0490. The summed E-state index contributed by atoms with van der Waals surface area (Å²) in [5.74, 6) is 0.851. The summed E-state index contributed by atoms with van der Waals surface area (Å²) < 4.78 is 17.5. The van der Waals surface area contributed by atoms with E-state index in [0.29, 0.717) is 41.9 Å². The van der Waals surface area contributed by atoms with Gasteiger partial charge in [0.2, 0.25) is 11.6 Å². The number of nitrogen functional groups attached to an aromatic ring is 1. The molecule has 0 saturated carbocycles. The summed E-state index contributed by atoms with van der Waals surface area (Å²) in [4.78, 5) is 15.4. The SMILES string of the molecule is COc1cc(C=NNC(=O)c2nnn(-c3nonc3N)c2CN2CCCCC2C)ccc1OCc1ccccc1. The Bertz CT molecular complexity index is 1470. The molecule has 1 unspecified atom stereocenters. The molecule has 1 fully saturated rings. The van der Waals surface area contributed by atoms with Gasteiger partial charge in [0, 0.05) is 12.6 Å². The molecule has 1 aliphatic rings. The van der Waals surface area contributed by atoms with Crippen LogP contribution in [0.4, 0.5) is 5.82 Å². The minimum Gasteiger partial charge on any atom is -0.493 e. The molecule has 40 heavy (non-hydrogen) atoms. The molecule has 2 aromatic heterocycles. The third-order valence-electron chi connectivity index (χ3n) is 6.77. The Labute approximate surface area is 230 Å². The predicted octanol–water partition coefficient (Wildman–Crippen LogP) is 2.96. The van der Waals surface area contributed by atoms with Gasteiger partial charge in [0.1, 0.15) is 6.61 Å². The highest BCUT2D eigenvalue weighted by Gasteiger charge is 2.28. The van der Waals surface area contributed by atoms with E-state index in [1.807, 2.05) is 36.4 Å². The molecule has 4 aromatic rings. The third kappa shape index (κ3) is 6.10. The fraction of sp³-hybridized carbons (Fsp3) is 0.333. The van der Waals surface area contributed by atoms with Gasteiger partial charge >= 0.3 is 0 Å². The number of methoxy groups -OCH3 is 1. The fourth-order valence-electron chi connectivity index (χ4n) is 4.55. The van der Waals surface area contributed by atoms with Crippen LogP contribution in [-0.4, -0.2) is 62.0 Å². The number of likely N-dealkylation sites (tertiary alicyclic amines) is 1. The van der Waals surface area contributed by atoms with Crippen molar-refractivity contribution in [2.75, 3.05) is 19.4 Å². The van der Waals surface area contributed by atoms with E-state index in [1.54, 1.807) is 19.2 Å². The Kier molecular flexibility index (Phi) is 8.30. The first-order valence-electron chi connectivity index (χ1n) is 13.0. The third-order valence-corrected chi connectivity index (χ3v) is 6.77. The van der Waals surface area contributed by atoms with Crippen LogP contribution in [0.1, 0.15) is 53.5 Å². The summed E-state index contributed by atoms with van der Waals surface area (Å²) in [6, 6.07) is 15.6. The van der Waals surface area contributed by atoms with E-state index in [9.17, 15) is 4.79 Å². The molecule has 0 radical (unpaired) electrons. The second kappa shape index (κ2) is 12.4. The lowest BCUT2D eigenvalue weighted by Gasteiger charge is -2.33. The normalized spacial score (nSPS) is 15.8. The zero-order chi connectivity index (χ0) is 27.9. The number of nitrogens with one attached hydrogen (secondary N) is 1. The van der Waals surface area contributed by atoms with Crippen molar-refractivity contribution in [2.45, 2.75) is 45.4 Å². The van der Waals surface area contributed by atoms with Gasteiger partial charge in [-0.1, -0.05) is 42.0 Å². The topological polar surface area (TPSA) is 159 Å². The highest BCUT2D eigenvalue weighted by Crippen LogP contribution is 2.28. The maximum atomic E-state index is 13.1. The van der Waals surface area contributed by atoms with E-state index in [1.165, 1.54) is 17.3 Å². The van der Waals surface area contributed by atoms with Gasteiger partial charge in [0.05, 0.1) is 19.0 Å². The number of carbonyl (C=O) groups is 1. The number of amides is 1. The average Bonchev–Trinajstić information content (AvgIpc) is 3.59. The first-order valence-corrected chi connectivity index (χ1v) is 13.0. The number of hydrogen-bond acceptors (Lipinski definition) is 11. The van der Waals surface area contributed by atoms with E-state index in [2.05, 4.69) is 43.0 Å². The number of piperidine rings is 1. The quantitative estimate of drug-likeness (QED) is 0.224. The highest BCUT2D eigenvalue weighted by molar-refractivity contribution is 5.94. The van der Waals surface area contributed by atoms with Crippen molar-refractivity contribution in [3.63, 3.8) is 0 Å². The largest absolute Gasteiger partial charge is 0.493 e. The summed E-state index contributed by atoms with van der Waals surface area (Å²) in [5, 5.41) is 19.8. The maximum absolute atomic E-state index is 13.1. The molecule has 3 N–H and O–H groups in total. The van der Waals surface area contributed by atoms with Gasteiger partial charge < -0.3 is 15.2 Å². The van der Waals surface area contributed by atoms with Crippen LogP contribution >= 0.6 is 0 Å². The van der Waals surface area contributed by atoms with Crippen LogP contribution in [0.15, 0.2) is 58.3 Å². The zero-order valence-electron chi connectivity index (χ0n) is 22.4. The Balaban J connectivity index is 1.30. The summed E-state index contributed by atoms with van der Waals surface area (Å²) in [6.07, 6.45) is 4.82. The number of hydrazone groups is 1. The standard InChI is InChI=1S/C27H31N9O4/c1-18-8-6-7-13-35(18)16-21-24(30-34-36(21)26-25(28)32-40-33-26)27(37)31-29-15-20-11-12-22(23(14-20)38-2)39-17-19-9-4-3-5-10-19/h3-5,9-12,14-15,18H,6-8,13,16-17H2,1-2H3,(H2,28,32)(H,31,37). The van der Waals surface area contributed by atoms with Crippen molar-refractivity contribution in [1.29, 1.82) is 0 Å². The Morgan fingerprint density at radius 3 is 2.80 bits per heavy atom. The molecule has 5 rings (SSSR count). The smallest absolute Gasteiger partial charge is 0.293 e. The van der Waals surface area contributed by atoms with Crippen LogP contribution in [-0.2, 0) is 13.2 Å². The van der Waals surface area contributed by atoms with Crippen molar-refractivity contribution in [3.05, 3.63) is 71.0 Å². The van der Waals surface area contributed by atoms with E-state index in [4.69, 9.17) is 19.8 Å². The minimum atomic E-state index is -0.521. The van der Waals surface area contributed by atoms with Crippen molar-refractivity contribution in [1.82, 2.24) is 35.6 Å². The molecular formula is C27H31N9O4. The first kappa shape index (κ1) is 26.8. The average molecular weight is 546 g/mol. The Morgan fingerprint density at radius 1 is 1.20 bits per heavy atom. The molecule has 13 nitrogen and oxygen atoms in total. The van der Waals surface area contributed by atoms with Crippen molar-refractivity contribution >= 4 is 17.9 Å². The number of nitrogens with two attached hydrogens (primary N) is 1. The second-order valence-corrected chi connectivity index (χ2v) is 9.47. The number of ether oxygens (including phenoxy) is 2. The van der Waals surface area contributed by atoms with Crippen molar-refractivity contribution in [2.24, 2.45) is 5.10 Å². The van der Waals surface area contributed by atoms with Gasteiger partial charge in [-0.3, -0.25) is 9.69 Å². The predicted molar refractivity (Wildman–Crippen MR) is 146 cm³/mol. The molecule has 0 aliphatic carbocycles. The Morgan fingerprint density at radius 2 is 2.05 bits per heavy atom. The summed E-state index contributed by atoms with van der Waals surface area (Å²) in [7, 11) is 1.57. The van der Waals surface area contributed by atoms with Crippen LogP contribution in [0.2, 0.25) is 0 Å². The van der Waals surface area contributed by atoms with E-state index in [0.717, 1.165) is 24.9 Å². The molecule has 3 heterocycles. The summed E-state index contributed by atoms with van der Waals surface area (Å²) in [5.41, 5.74) is 10.8. The van der Waals surface area contributed by atoms with Crippen LogP contribution < -0.4 is 20.6 Å². The zero-order valence-corrected chi connectivity index (χ0v) is 22.4. The second-order valence-electron chi connectivity index (χ2n) is 9.47. The maximum Gasteiger partial charge on any atom is 0.293 e. The van der Waals surface area contributed by atoms with Crippen LogP contribution in [0.25, 0.3) is 5.82 Å². The van der Waals surface area contributed by atoms with Crippen molar-refractivity contribution < 1.29 is 18.9 Å². The van der Waals surface area contributed by atoms with Gasteiger partial charge in [-0.25, -0.2) is 10.1 Å². The molecule has 0 spiro atoms. The van der Waals surface area contributed by atoms with Gasteiger partial charge in [-0.2, -0.15) is 9.78 Å². The lowest BCUT2D eigenvalue weighted by atomic mass is 10.0. The van der Waals surface area contributed by atoms with Crippen LogP contribution in [0.3, 0.4) is 0 Å². The highest BCUT2D eigenvalue weighted by atomic mass is 16.6. The number of nitrogens with zero attached hydrogens (tertiary/aromatic N) is 7. The molecule has 208 valence electrons. The number of hydrogen-bond donors (Lipinski definition) is 2. The van der Waals surface area contributed by atoms with Gasteiger partial charge in [0.25, 0.3) is 5.91 Å². The molecular weight excluding hydrogens is 514 g/mol. The summed E-state index contributed by atoms with van der Waals surface area (Å²) >= 11 is 0. The van der Waals surface area contributed by atoms with Gasteiger partial charge in [-0.05, 0) is 65.9 Å². The van der Waals surface area contributed by atoms with E-state index < -0.39 is 5.91 Å². The lowest BCUT2D eigenvalue weighted by molar-refractivity contribution is 0.0945. The van der Waals surface area contributed by atoms with Crippen molar-refractivity contribution in [3.8, 4) is 17.3 Å². The van der Waals surface area contributed by atoms with E-state index in [-0.39, 0.29) is 17.3 Å². The number of carbonyl (C=O) groups excluding carboxylic acids is 1. The molecule has 1 aliphatic heterocycles. The fourth-order valence-corrected chi connectivity index (χ4v) is 4.55. The Hall–Kier alpha value is -4.78. The number of rotatable bonds is 10. The monoisotopic (exact) mass is 545 g/mol. The molecule has 2 aromatic carbocycles.